The molecular formula is C18H21N3O3S. The number of anilines is 1. The molecule has 25 heavy (non-hydrogen) atoms. The van der Waals surface area contributed by atoms with Crippen molar-refractivity contribution in [2.75, 3.05) is 24.5 Å². The number of aryl methyl sites for hydroxylation is 1. The van der Waals surface area contributed by atoms with Crippen LogP contribution in [0.15, 0.2) is 47.6 Å². The molecule has 1 unspecified atom stereocenters. The van der Waals surface area contributed by atoms with Crippen molar-refractivity contribution in [2.24, 2.45) is 0 Å². The standard InChI is InChI=1S/C18H21N3O3S/c1-13-4-5-16(25(22,23)24)15(9-13)18-6-8-20-11-17(18)21(12-18)14-3-2-7-19-10-14/h2-5,7,9-10,17,20H,6,8,11-12H2,1H3,(H,22,23,24)/t17-,18?/m1/s1. The molecule has 1 aromatic carbocycles. The molecule has 7 heteroatoms. The van der Waals surface area contributed by atoms with E-state index in [9.17, 15) is 13.0 Å². The van der Waals surface area contributed by atoms with Gasteiger partial charge in [-0.25, -0.2) is 0 Å². The van der Waals surface area contributed by atoms with Crippen LogP contribution in [0.4, 0.5) is 5.69 Å². The second-order valence-electron chi connectivity index (χ2n) is 6.94. The summed E-state index contributed by atoms with van der Waals surface area (Å²) in [4.78, 5) is 6.49. The van der Waals surface area contributed by atoms with E-state index in [0.717, 1.165) is 42.9 Å². The highest BCUT2D eigenvalue weighted by molar-refractivity contribution is 7.85. The number of pyridine rings is 1. The number of fused-ring (bicyclic) bond motifs is 1. The maximum atomic E-state index is 11.9. The van der Waals surface area contributed by atoms with Crippen LogP contribution in [0.1, 0.15) is 17.5 Å². The second-order valence-corrected chi connectivity index (χ2v) is 8.33. The highest BCUT2D eigenvalue weighted by Gasteiger charge is 2.56. The first-order valence-electron chi connectivity index (χ1n) is 8.38. The molecule has 0 saturated carbocycles. The van der Waals surface area contributed by atoms with Gasteiger partial charge in [0.25, 0.3) is 10.1 Å². The number of aromatic nitrogens is 1. The molecule has 2 aromatic rings. The molecule has 4 rings (SSSR count). The summed E-state index contributed by atoms with van der Waals surface area (Å²) in [5.41, 5.74) is 2.49. The van der Waals surface area contributed by atoms with E-state index in [1.807, 2.05) is 31.3 Å². The minimum atomic E-state index is -4.26. The molecule has 3 heterocycles. The zero-order valence-corrected chi connectivity index (χ0v) is 14.8. The Kier molecular flexibility index (Phi) is 3.82. The maximum absolute atomic E-state index is 11.9. The third-order valence-electron chi connectivity index (χ3n) is 5.48. The lowest BCUT2D eigenvalue weighted by Gasteiger charge is -2.61. The van der Waals surface area contributed by atoms with Gasteiger partial charge in [0, 0.05) is 24.7 Å². The van der Waals surface area contributed by atoms with Crippen LogP contribution in [-0.2, 0) is 15.5 Å². The van der Waals surface area contributed by atoms with E-state index in [-0.39, 0.29) is 16.4 Å². The van der Waals surface area contributed by atoms with E-state index in [2.05, 4.69) is 15.2 Å². The fourth-order valence-corrected chi connectivity index (χ4v) is 5.04. The van der Waals surface area contributed by atoms with Crippen molar-refractivity contribution < 1.29 is 13.0 Å². The van der Waals surface area contributed by atoms with Gasteiger partial charge < -0.3 is 10.2 Å². The number of benzene rings is 1. The van der Waals surface area contributed by atoms with Crippen LogP contribution < -0.4 is 10.2 Å². The number of hydrogen-bond acceptors (Lipinski definition) is 5. The Morgan fingerprint density at radius 2 is 2.20 bits per heavy atom. The van der Waals surface area contributed by atoms with Crippen LogP contribution in [-0.4, -0.2) is 43.6 Å². The Bertz CT molecular complexity index is 901. The van der Waals surface area contributed by atoms with Gasteiger partial charge in [0.1, 0.15) is 0 Å². The molecule has 0 radical (unpaired) electrons. The van der Waals surface area contributed by atoms with E-state index in [1.165, 1.54) is 6.07 Å². The highest BCUT2D eigenvalue weighted by Crippen LogP contribution is 2.48. The van der Waals surface area contributed by atoms with Gasteiger partial charge >= 0.3 is 0 Å². The molecule has 0 bridgehead atoms. The van der Waals surface area contributed by atoms with E-state index in [4.69, 9.17) is 0 Å². The molecule has 6 nitrogen and oxygen atoms in total. The Morgan fingerprint density at radius 3 is 2.92 bits per heavy atom. The lowest BCUT2D eigenvalue weighted by atomic mass is 9.62. The van der Waals surface area contributed by atoms with Crippen molar-refractivity contribution in [1.82, 2.24) is 10.3 Å². The fourth-order valence-electron chi connectivity index (χ4n) is 4.26. The minimum Gasteiger partial charge on any atom is -0.364 e. The van der Waals surface area contributed by atoms with Crippen LogP contribution in [0.3, 0.4) is 0 Å². The summed E-state index contributed by atoms with van der Waals surface area (Å²) in [6, 6.07) is 9.24. The van der Waals surface area contributed by atoms with Crippen LogP contribution >= 0.6 is 0 Å². The number of rotatable bonds is 3. The van der Waals surface area contributed by atoms with E-state index in [0.29, 0.717) is 0 Å². The molecule has 2 aliphatic rings. The van der Waals surface area contributed by atoms with E-state index < -0.39 is 10.1 Å². The van der Waals surface area contributed by atoms with Crippen LogP contribution in [0.25, 0.3) is 0 Å². The SMILES string of the molecule is Cc1ccc(S(=O)(=O)O)c(C23CCNC[C@H]2N(c2cccnc2)C3)c1. The van der Waals surface area contributed by atoms with Crippen molar-refractivity contribution in [3.63, 3.8) is 0 Å². The summed E-state index contributed by atoms with van der Waals surface area (Å²) < 4.78 is 33.6. The topological polar surface area (TPSA) is 82.5 Å². The Balaban J connectivity index is 1.81. The van der Waals surface area contributed by atoms with Gasteiger partial charge in [-0.05, 0) is 43.7 Å². The molecule has 0 aliphatic carbocycles. The third-order valence-corrected chi connectivity index (χ3v) is 6.39. The summed E-state index contributed by atoms with van der Waals surface area (Å²) >= 11 is 0. The molecule has 2 atom stereocenters. The average Bonchev–Trinajstić information content (AvgIpc) is 2.56. The number of nitrogens with one attached hydrogen (secondary N) is 1. The van der Waals surface area contributed by atoms with E-state index >= 15 is 0 Å². The highest BCUT2D eigenvalue weighted by atomic mass is 32.2. The zero-order valence-electron chi connectivity index (χ0n) is 14.0. The van der Waals surface area contributed by atoms with Crippen LogP contribution in [0.2, 0.25) is 0 Å². The fraction of sp³-hybridized carbons (Fsp3) is 0.389. The Labute approximate surface area is 147 Å². The summed E-state index contributed by atoms with van der Waals surface area (Å²) in [5, 5.41) is 3.41. The molecule has 0 amide bonds. The number of nitrogens with zero attached hydrogens (tertiary/aromatic N) is 2. The van der Waals surface area contributed by atoms with Crippen molar-refractivity contribution >= 4 is 15.8 Å². The van der Waals surface area contributed by atoms with Crippen LogP contribution in [0, 0.1) is 6.92 Å². The molecule has 2 N–H and O–H groups in total. The second kappa shape index (κ2) is 5.79. The van der Waals surface area contributed by atoms with Crippen molar-refractivity contribution in [2.45, 2.75) is 29.7 Å². The van der Waals surface area contributed by atoms with Gasteiger partial charge in [0.15, 0.2) is 0 Å². The first-order chi connectivity index (χ1) is 11.9. The molecule has 2 aliphatic heterocycles. The van der Waals surface area contributed by atoms with Gasteiger partial charge in [-0.1, -0.05) is 17.7 Å². The van der Waals surface area contributed by atoms with Gasteiger partial charge in [0.2, 0.25) is 0 Å². The molecule has 1 aromatic heterocycles. The minimum absolute atomic E-state index is 0.0378. The first kappa shape index (κ1) is 16.5. The normalized spacial score (nSPS) is 26.0. The largest absolute Gasteiger partial charge is 0.364 e. The average molecular weight is 359 g/mol. The molecule has 2 saturated heterocycles. The van der Waals surface area contributed by atoms with Crippen molar-refractivity contribution in [3.05, 3.63) is 53.9 Å². The smallest absolute Gasteiger partial charge is 0.294 e. The predicted molar refractivity (Wildman–Crippen MR) is 95.5 cm³/mol. The Hall–Kier alpha value is -1.96. The maximum Gasteiger partial charge on any atom is 0.294 e. The number of hydrogen-bond donors (Lipinski definition) is 2. The monoisotopic (exact) mass is 359 g/mol. The summed E-state index contributed by atoms with van der Waals surface area (Å²) in [6.45, 7) is 4.27. The van der Waals surface area contributed by atoms with Gasteiger partial charge in [-0.2, -0.15) is 8.42 Å². The van der Waals surface area contributed by atoms with Gasteiger partial charge in [0.05, 0.1) is 22.8 Å². The van der Waals surface area contributed by atoms with Crippen LogP contribution in [0.5, 0.6) is 0 Å². The summed E-state index contributed by atoms with van der Waals surface area (Å²) in [7, 11) is -4.26. The Morgan fingerprint density at radius 1 is 1.36 bits per heavy atom. The molecular weight excluding hydrogens is 338 g/mol. The summed E-state index contributed by atoms with van der Waals surface area (Å²) in [6.07, 6.45) is 4.41. The van der Waals surface area contributed by atoms with Crippen molar-refractivity contribution in [3.8, 4) is 0 Å². The molecule has 132 valence electrons. The van der Waals surface area contributed by atoms with Gasteiger partial charge in [-0.3, -0.25) is 9.54 Å². The predicted octanol–water partition coefficient (Wildman–Crippen LogP) is 1.76. The zero-order chi connectivity index (χ0) is 17.7. The molecule has 0 spiro atoms. The lowest BCUT2D eigenvalue weighted by molar-refractivity contribution is 0.170. The van der Waals surface area contributed by atoms with Crippen molar-refractivity contribution in [1.29, 1.82) is 0 Å². The van der Waals surface area contributed by atoms with E-state index in [1.54, 1.807) is 12.3 Å². The quantitative estimate of drug-likeness (QED) is 0.813. The molecule has 2 fully saturated rings. The number of piperidine rings is 1. The summed E-state index contributed by atoms with van der Waals surface area (Å²) in [5.74, 6) is 0. The third kappa shape index (κ3) is 2.63. The van der Waals surface area contributed by atoms with Gasteiger partial charge in [-0.15, -0.1) is 0 Å². The lowest BCUT2D eigenvalue weighted by Crippen LogP contribution is -2.73. The first-order valence-corrected chi connectivity index (χ1v) is 9.82.